The molecule has 3 heterocycles. The summed E-state index contributed by atoms with van der Waals surface area (Å²) in [5, 5.41) is 4.29. The van der Waals surface area contributed by atoms with E-state index in [1.165, 1.54) is 22.4 Å². The maximum Gasteiger partial charge on any atom is 0.174 e. The van der Waals surface area contributed by atoms with Crippen molar-refractivity contribution in [3.63, 3.8) is 0 Å². The Morgan fingerprint density at radius 3 is 2.43 bits per heavy atom. The number of anilines is 3. The van der Waals surface area contributed by atoms with Crippen molar-refractivity contribution in [1.29, 1.82) is 0 Å². The van der Waals surface area contributed by atoms with E-state index in [9.17, 15) is 0 Å². The summed E-state index contributed by atoms with van der Waals surface area (Å²) in [4.78, 5) is 11.4. The van der Waals surface area contributed by atoms with E-state index in [0.29, 0.717) is 5.11 Å². The molecule has 1 fully saturated rings. The highest BCUT2D eigenvalue weighted by Gasteiger charge is 2.41. The molecule has 5 nitrogen and oxygen atoms in total. The average Bonchev–Trinajstić information content (AvgIpc) is 3.19. The third-order valence-electron chi connectivity index (χ3n) is 7.32. The van der Waals surface area contributed by atoms with Crippen LogP contribution < -0.4 is 20.0 Å². The Balaban J connectivity index is 1.63. The van der Waals surface area contributed by atoms with Gasteiger partial charge in [0, 0.05) is 50.0 Å². The Bertz CT molecular complexity index is 1280. The van der Waals surface area contributed by atoms with Gasteiger partial charge >= 0.3 is 0 Å². The van der Waals surface area contributed by atoms with E-state index in [1.807, 2.05) is 18.3 Å². The first kappa shape index (κ1) is 23.4. The molecule has 0 aliphatic carbocycles. The van der Waals surface area contributed by atoms with Crippen LogP contribution in [0.2, 0.25) is 0 Å². The summed E-state index contributed by atoms with van der Waals surface area (Å²) in [5.74, 6) is 0. The lowest BCUT2D eigenvalue weighted by molar-refractivity contribution is 0.566. The molecule has 2 aromatic carbocycles. The highest BCUT2D eigenvalue weighted by molar-refractivity contribution is 7.80. The van der Waals surface area contributed by atoms with Crippen molar-refractivity contribution < 1.29 is 0 Å². The number of pyridine rings is 1. The second-order valence-electron chi connectivity index (χ2n) is 10.2. The zero-order valence-electron chi connectivity index (χ0n) is 21.3. The minimum Gasteiger partial charge on any atom is -0.378 e. The lowest BCUT2D eigenvalue weighted by Crippen LogP contribution is -2.42. The van der Waals surface area contributed by atoms with Gasteiger partial charge < -0.3 is 20.0 Å². The fourth-order valence-electron chi connectivity index (χ4n) is 5.24. The Kier molecular flexibility index (Phi) is 5.80. The van der Waals surface area contributed by atoms with Crippen LogP contribution in [0.1, 0.15) is 49.7 Å². The number of hydrogen-bond acceptors (Lipinski definition) is 4. The van der Waals surface area contributed by atoms with Crippen molar-refractivity contribution >= 4 is 40.0 Å². The van der Waals surface area contributed by atoms with Crippen molar-refractivity contribution in [3.8, 4) is 0 Å². The van der Waals surface area contributed by atoms with Crippen LogP contribution in [0.25, 0.3) is 5.57 Å². The van der Waals surface area contributed by atoms with Gasteiger partial charge in [0.05, 0.1) is 23.3 Å². The van der Waals surface area contributed by atoms with Gasteiger partial charge in [0.25, 0.3) is 0 Å². The molecule has 2 aliphatic heterocycles. The molecule has 0 unspecified atom stereocenters. The molecule has 35 heavy (non-hydrogen) atoms. The first-order valence-electron chi connectivity index (χ1n) is 12.0. The minimum atomic E-state index is -0.0580. The van der Waals surface area contributed by atoms with Gasteiger partial charge in [-0.3, -0.25) is 4.98 Å². The maximum absolute atomic E-state index is 5.91. The monoisotopic (exact) mass is 483 g/mol. The molecule has 2 aliphatic rings. The van der Waals surface area contributed by atoms with Crippen molar-refractivity contribution in [2.75, 3.05) is 35.8 Å². The van der Waals surface area contributed by atoms with Gasteiger partial charge in [-0.2, -0.15) is 0 Å². The van der Waals surface area contributed by atoms with Crippen LogP contribution in [0.5, 0.6) is 0 Å². The van der Waals surface area contributed by atoms with E-state index in [4.69, 9.17) is 17.2 Å². The fraction of sp³-hybridized carbons (Fsp3) is 0.310. The zero-order chi connectivity index (χ0) is 24.9. The minimum absolute atomic E-state index is 0.0220. The first-order chi connectivity index (χ1) is 16.7. The molecule has 1 saturated heterocycles. The summed E-state index contributed by atoms with van der Waals surface area (Å²) in [6, 6.07) is 21.4. The zero-order valence-corrected chi connectivity index (χ0v) is 22.1. The van der Waals surface area contributed by atoms with Crippen molar-refractivity contribution in [2.24, 2.45) is 0 Å². The fourth-order valence-corrected chi connectivity index (χ4v) is 5.59. The van der Waals surface area contributed by atoms with Crippen LogP contribution in [-0.4, -0.2) is 36.8 Å². The highest BCUT2D eigenvalue weighted by Crippen LogP contribution is 2.45. The van der Waals surface area contributed by atoms with E-state index in [2.05, 4.69) is 117 Å². The predicted octanol–water partition coefficient (Wildman–Crippen LogP) is 5.96. The van der Waals surface area contributed by atoms with Gasteiger partial charge in [-0.1, -0.05) is 18.2 Å². The number of allylic oxidation sites excluding steroid dienone is 1. The number of rotatable bonds is 4. The van der Waals surface area contributed by atoms with Gasteiger partial charge in [0.1, 0.15) is 0 Å². The third kappa shape index (κ3) is 4.06. The van der Waals surface area contributed by atoms with E-state index >= 15 is 0 Å². The molecule has 0 bridgehead atoms. The normalized spacial score (nSPS) is 20.9. The second kappa shape index (κ2) is 8.68. The molecule has 0 amide bonds. The van der Waals surface area contributed by atoms with Gasteiger partial charge in [-0.05, 0) is 92.7 Å². The quantitative estimate of drug-likeness (QED) is 0.462. The number of fused-ring (bicyclic) bond motifs is 1. The summed E-state index contributed by atoms with van der Waals surface area (Å²) < 4.78 is 0. The number of hydrogen-bond donors (Lipinski definition) is 1. The number of benzene rings is 2. The molecular weight excluding hydrogens is 450 g/mol. The molecule has 1 aromatic heterocycles. The van der Waals surface area contributed by atoms with Gasteiger partial charge in [-0.25, -0.2) is 0 Å². The van der Waals surface area contributed by atoms with Gasteiger partial charge in [0.15, 0.2) is 5.11 Å². The molecular formula is C29H33N5S. The molecule has 1 N–H and O–H groups in total. The third-order valence-corrected chi connectivity index (χ3v) is 7.64. The smallest absolute Gasteiger partial charge is 0.174 e. The van der Waals surface area contributed by atoms with Crippen LogP contribution in [0.15, 0.2) is 72.9 Å². The molecule has 0 saturated carbocycles. The van der Waals surface area contributed by atoms with Crippen LogP contribution in [-0.2, 0) is 0 Å². The number of thiocarbonyl (C=S) groups is 1. The van der Waals surface area contributed by atoms with E-state index in [-0.39, 0.29) is 17.6 Å². The SMILES string of the molecule is CC1=CC(C)(C)N(C)c2ccc([C@H]3[C@@H](c4ccccn4)NC(=S)N3c3ccc(N(C)C)cc3)cc21. The summed E-state index contributed by atoms with van der Waals surface area (Å²) in [6.45, 7) is 6.72. The van der Waals surface area contributed by atoms with Crippen LogP contribution in [0, 0.1) is 0 Å². The Labute approximate surface area is 214 Å². The van der Waals surface area contributed by atoms with Crippen molar-refractivity contribution in [2.45, 2.75) is 38.4 Å². The van der Waals surface area contributed by atoms with Crippen molar-refractivity contribution in [3.05, 3.63) is 89.8 Å². The summed E-state index contributed by atoms with van der Waals surface area (Å²) in [5.41, 5.74) is 8.22. The van der Waals surface area contributed by atoms with Crippen LogP contribution in [0.4, 0.5) is 17.1 Å². The Morgan fingerprint density at radius 1 is 1.03 bits per heavy atom. The van der Waals surface area contributed by atoms with E-state index < -0.39 is 0 Å². The number of aromatic nitrogens is 1. The molecule has 5 rings (SSSR count). The number of nitrogens with one attached hydrogen (secondary N) is 1. The number of nitrogens with zero attached hydrogens (tertiary/aromatic N) is 4. The van der Waals surface area contributed by atoms with Crippen LogP contribution in [0.3, 0.4) is 0 Å². The molecule has 6 heteroatoms. The predicted molar refractivity (Wildman–Crippen MR) is 151 cm³/mol. The standard InChI is InChI=1S/C29H33N5S/c1-19-18-29(2,3)33(6)25-15-10-20(17-23(19)25)27-26(24-9-7-8-16-30-24)31-28(35)34(27)22-13-11-21(12-14-22)32(4)5/h7-18,26-27H,1-6H3,(H,31,35)/t26-,27+/m1/s1. The first-order valence-corrected chi connectivity index (χ1v) is 12.4. The highest BCUT2D eigenvalue weighted by atomic mass is 32.1. The largest absolute Gasteiger partial charge is 0.378 e. The van der Waals surface area contributed by atoms with E-state index in [0.717, 1.165) is 17.1 Å². The van der Waals surface area contributed by atoms with Gasteiger partial charge in [0.2, 0.25) is 0 Å². The summed E-state index contributed by atoms with van der Waals surface area (Å²) in [6.07, 6.45) is 4.20. The van der Waals surface area contributed by atoms with Crippen molar-refractivity contribution in [1.82, 2.24) is 10.3 Å². The number of likely N-dealkylation sites (N-methyl/N-ethyl adjacent to an activating group) is 1. The lowest BCUT2D eigenvalue weighted by Gasteiger charge is -2.41. The maximum atomic E-state index is 5.91. The van der Waals surface area contributed by atoms with E-state index in [1.54, 1.807) is 0 Å². The molecule has 2 atom stereocenters. The van der Waals surface area contributed by atoms with Crippen LogP contribution >= 0.6 is 12.2 Å². The molecule has 0 spiro atoms. The summed E-state index contributed by atoms with van der Waals surface area (Å²) >= 11 is 5.91. The summed E-state index contributed by atoms with van der Waals surface area (Å²) in [7, 11) is 6.28. The Hall–Kier alpha value is -3.38. The topological polar surface area (TPSA) is 34.6 Å². The molecule has 0 radical (unpaired) electrons. The second-order valence-corrected chi connectivity index (χ2v) is 10.6. The molecule has 3 aromatic rings. The molecule has 180 valence electrons. The average molecular weight is 484 g/mol. The Morgan fingerprint density at radius 2 is 1.77 bits per heavy atom. The van der Waals surface area contributed by atoms with Gasteiger partial charge in [-0.15, -0.1) is 0 Å². The lowest BCUT2D eigenvalue weighted by atomic mass is 9.86.